The van der Waals surface area contributed by atoms with Crippen molar-refractivity contribution in [2.24, 2.45) is 11.7 Å². The molecule has 0 fully saturated rings. The second kappa shape index (κ2) is 6.48. The van der Waals surface area contributed by atoms with Gasteiger partial charge >= 0.3 is 0 Å². The Balaban J connectivity index is 2.28. The van der Waals surface area contributed by atoms with Gasteiger partial charge in [-0.3, -0.25) is 4.79 Å². The van der Waals surface area contributed by atoms with Crippen LogP contribution in [0, 0.1) is 5.92 Å². The van der Waals surface area contributed by atoms with Gasteiger partial charge in [-0.1, -0.05) is 26.7 Å². The third kappa shape index (κ3) is 3.07. The number of nitrogens with zero attached hydrogens (tertiary/aromatic N) is 1. The highest BCUT2D eigenvalue weighted by Crippen LogP contribution is 2.39. The van der Waals surface area contributed by atoms with E-state index in [-0.39, 0.29) is 0 Å². The average Bonchev–Trinajstić information content (AvgIpc) is 2.77. The Bertz CT molecular complexity index is 749. The molecule has 23 heavy (non-hydrogen) atoms. The van der Waals surface area contributed by atoms with E-state index in [2.05, 4.69) is 13.8 Å². The zero-order valence-electron chi connectivity index (χ0n) is 13.9. The van der Waals surface area contributed by atoms with Crippen LogP contribution in [0.5, 0.6) is 0 Å². The van der Waals surface area contributed by atoms with Gasteiger partial charge in [0.2, 0.25) is 0 Å². The van der Waals surface area contributed by atoms with Crippen molar-refractivity contribution in [1.29, 1.82) is 0 Å². The normalized spacial score (nSPS) is 15.4. The van der Waals surface area contributed by atoms with E-state index in [4.69, 9.17) is 16.5 Å². The van der Waals surface area contributed by atoms with Crippen LogP contribution in [0.1, 0.15) is 66.0 Å². The molecular weight excluding hydrogens is 306 g/mol. The summed E-state index contributed by atoms with van der Waals surface area (Å²) in [7, 11) is 0. The zero-order chi connectivity index (χ0) is 16.6. The first kappa shape index (κ1) is 16.2. The summed E-state index contributed by atoms with van der Waals surface area (Å²) in [5.74, 6) is 0.0832. The van der Waals surface area contributed by atoms with Gasteiger partial charge in [0, 0.05) is 11.1 Å². The number of fused-ring (bicyclic) bond motifs is 2. The van der Waals surface area contributed by atoms with E-state index in [1.54, 1.807) is 0 Å². The molecule has 4 N–H and O–H groups in total. The number of carbonyl (C=O) groups is 1. The van der Waals surface area contributed by atoms with Crippen LogP contribution in [0.4, 0.5) is 5.69 Å². The SMILES string of the molecule is CC(C)Cc1c2c(nc3sc(C(N)=O)c(N)c13)CCCCCC2. The minimum atomic E-state index is -0.451. The molecule has 2 aromatic heterocycles. The highest BCUT2D eigenvalue weighted by Gasteiger charge is 2.23. The van der Waals surface area contributed by atoms with Gasteiger partial charge in [0.25, 0.3) is 5.91 Å². The third-order valence-electron chi connectivity index (χ3n) is 4.60. The average molecular weight is 331 g/mol. The van der Waals surface area contributed by atoms with Crippen LogP contribution in [0.2, 0.25) is 0 Å². The maximum Gasteiger partial charge on any atom is 0.260 e. The Morgan fingerprint density at radius 3 is 2.57 bits per heavy atom. The molecule has 0 saturated heterocycles. The maximum atomic E-state index is 11.7. The number of anilines is 1. The van der Waals surface area contributed by atoms with E-state index in [9.17, 15) is 4.79 Å². The monoisotopic (exact) mass is 331 g/mol. The molecule has 0 spiro atoms. The maximum absolute atomic E-state index is 11.7. The van der Waals surface area contributed by atoms with Crippen molar-refractivity contribution in [3.05, 3.63) is 21.7 Å². The molecule has 124 valence electrons. The number of aryl methyl sites for hydroxylation is 1. The number of primary amides is 1. The molecule has 2 aromatic rings. The summed E-state index contributed by atoms with van der Waals surface area (Å²) in [4.78, 5) is 17.9. The van der Waals surface area contributed by atoms with E-state index in [1.165, 1.54) is 53.8 Å². The fourth-order valence-corrected chi connectivity index (χ4v) is 4.58. The number of pyridine rings is 1. The molecule has 4 nitrogen and oxygen atoms in total. The van der Waals surface area contributed by atoms with Gasteiger partial charge in [-0.05, 0) is 49.1 Å². The third-order valence-corrected chi connectivity index (χ3v) is 5.72. The molecule has 0 atom stereocenters. The van der Waals surface area contributed by atoms with Gasteiger partial charge in [-0.25, -0.2) is 4.98 Å². The molecule has 0 radical (unpaired) electrons. The fourth-order valence-electron chi connectivity index (χ4n) is 3.58. The van der Waals surface area contributed by atoms with Crippen molar-refractivity contribution < 1.29 is 4.79 Å². The van der Waals surface area contributed by atoms with Crippen LogP contribution in [-0.4, -0.2) is 10.9 Å². The molecule has 1 amide bonds. The number of hydrogen-bond acceptors (Lipinski definition) is 4. The minimum Gasteiger partial charge on any atom is -0.397 e. The smallest absolute Gasteiger partial charge is 0.260 e. The first-order chi connectivity index (χ1) is 11.0. The molecule has 5 heteroatoms. The predicted octanol–water partition coefficient (Wildman–Crippen LogP) is 3.83. The number of carbonyl (C=O) groups excluding carboxylic acids is 1. The van der Waals surface area contributed by atoms with E-state index >= 15 is 0 Å². The van der Waals surface area contributed by atoms with Crippen molar-refractivity contribution in [2.45, 2.75) is 58.8 Å². The van der Waals surface area contributed by atoms with E-state index in [0.717, 1.165) is 29.5 Å². The van der Waals surface area contributed by atoms with Gasteiger partial charge in [-0.15, -0.1) is 11.3 Å². The zero-order valence-corrected chi connectivity index (χ0v) is 14.8. The van der Waals surface area contributed by atoms with Crippen molar-refractivity contribution >= 4 is 33.1 Å². The lowest BCUT2D eigenvalue weighted by Crippen LogP contribution is -2.11. The summed E-state index contributed by atoms with van der Waals surface area (Å²) in [5.41, 5.74) is 16.2. The van der Waals surface area contributed by atoms with Gasteiger partial charge in [0.05, 0.1) is 5.69 Å². The van der Waals surface area contributed by atoms with Crippen molar-refractivity contribution in [3.63, 3.8) is 0 Å². The lowest BCUT2D eigenvalue weighted by Gasteiger charge is -2.19. The quantitative estimate of drug-likeness (QED) is 0.896. The second-order valence-electron chi connectivity index (χ2n) is 6.92. The Labute approximate surface area is 141 Å². The highest BCUT2D eigenvalue weighted by molar-refractivity contribution is 7.21. The topological polar surface area (TPSA) is 82.0 Å². The van der Waals surface area contributed by atoms with Gasteiger partial charge < -0.3 is 11.5 Å². The summed E-state index contributed by atoms with van der Waals surface area (Å²) >= 11 is 1.35. The summed E-state index contributed by atoms with van der Waals surface area (Å²) in [5, 5.41) is 0.983. The lowest BCUT2D eigenvalue weighted by atomic mass is 9.88. The van der Waals surface area contributed by atoms with Crippen LogP contribution in [0.25, 0.3) is 10.2 Å². The van der Waals surface area contributed by atoms with E-state index in [0.29, 0.717) is 16.5 Å². The molecular formula is C18H25N3OS. The molecule has 0 aliphatic heterocycles. The molecule has 0 unspecified atom stereocenters. The van der Waals surface area contributed by atoms with Crippen LogP contribution < -0.4 is 11.5 Å². The molecule has 2 heterocycles. The summed E-state index contributed by atoms with van der Waals surface area (Å²) < 4.78 is 0. The Morgan fingerprint density at radius 1 is 1.22 bits per heavy atom. The van der Waals surface area contributed by atoms with Gasteiger partial charge in [-0.2, -0.15) is 0 Å². The Hall–Kier alpha value is -1.62. The number of thiophene rings is 1. The molecule has 1 aliphatic rings. The Kier molecular flexibility index (Phi) is 4.57. The van der Waals surface area contributed by atoms with Crippen molar-refractivity contribution in [2.75, 3.05) is 5.73 Å². The van der Waals surface area contributed by atoms with Crippen molar-refractivity contribution in [3.8, 4) is 0 Å². The Morgan fingerprint density at radius 2 is 1.91 bits per heavy atom. The molecule has 1 aliphatic carbocycles. The molecule has 3 rings (SSSR count). The van der Waals surface area contributed by atoms with Crippen molar-refractivity contribution in [1.82, 2.24) is 4.98 Å². The van der Waals surface area contributed by atoms with Crippen LogP contribution in [-0.2, 0) is 19.3 Å². The van der Waals surface area contributed by atoms with Gasteiger partial charge in [0.1, 0.15) is 9.71 Å². The summed E-state index contributed by atoms with van der Waals surface area (Å²) in [6.45, 7) is 4.44. The molecule has 0 saturated carbocycles. The second-order valence-corrected chi connectivity index (χ2v) is 7.92. The van der Waals surface area contributed by atoms with Crippen LogP contribution >= 0.6 is 11.3 Å². The van der Waals surface area contributed by atoms with Crippen LogP contribution in [0.15, 0.2) is 0 Å². The predicted molar refractivity (Wildman–Crippen MR) is 97.0 cm³/mol. The largest absolute Gasteiger partial charge is 0.397 e. The standard InChI is InChI=1S/C18H25N3OS/c1-10(2)9-12-11-7-5-3-4-6-8-13(11)21-18-14(12)15(19)16(23-18)17(20)22/h10H,3-9,19H2,1-2H3,(H2,20,22). The summed E-state index contributed by atoms with van der Waals surface area (Å²) in [6, 6.07) is 0. The minimum absolute atomic E-state index is 0.451. The first-order valence-electron chi connectivity index (χ1n) is 8.51. The molecule has 0 aromatic carbocycles. The molecule has 0 bridgehead atoms. The van der Waals surface area contributed by atoms with E-state index in [1.807, 2.05) is 0 Å². The van der Waals surface area contributed by atoms with Crippen LogP contribution in [0.3, 0.4) is 0 Å². The highest BCUT2D eigenvalue weighted by atomic mass is 32.1. The number of nitrogen functional groups attached to an aromatic ring is 1. The van der Waals surface area contributed by atoms with E-state index < -0.39 is 5.91 Å². The number of rotatable bonds is 3. The van der Waals surface area contributed by atoms with Gasteiger partial charge in [0.15, 0.2) is 0 Å². The summed E-state index contributed by atoms with van der Waals surface area (Å²) in [6.07, 6.45) is 8.03. The fraction of sp³-hybridized carbons (Fsp3) is 0.556. The first-order valence-corrected chi connectivity index (χ1v) is 9.33. The lowest BCUT2D eigenvalue weighted by molar-refractivity contribution is 0.100. The number of hydrogen-bond donors (Lipinski definition) is 2. The number of aromatic nitrogens is 1. The number of nitrogens with two attached hydrogens (primary N) is 2. The number of amides is 1.